The van der Waals surface area contributed by atoms with E-state index in [1.54, 1.807) is 50.2 Å². The second-order valence-electron chi connectivity index (χ2n) is 6.76. The molecular weight excluding hydrogens is 332 g/mol. The molecule has 0 saturated carbocycles. The number of hydrogen-bond donors (Lipinski definition) is 1. The second kappa shape index (κ2) is 6.67. The molecule has 0 fully saturated rings. The smallest absolute Gasteiger partial charge is 0.316 e. The largest absolute Gasteiger partial charge is 0.502 e. The van der Waals surface area contributed by atoms with Crippen molar-refractivity contribution in [3.63, 3.8) is 0 Å². The van der Waals surface area contributed by atoms with Crippen LogP contribution in [-0.4, -0.2) is 11.1 Å². The SMILES string of the molecule is CCC(C)(C)C(=O)Oc1ccc2oc(-c3ccccc3)c(O)c(=O)c2c1. The van der Waals surface area contributed by atoms with Gasteiger partial charge in [-0.05, 0) is 38.5 Å². The first kappa shape index (κ1) is 17.7. The van der Waals surface area contributed by atoms with Crippen LogP contribution >= 0.6 is 0 Å². The zero-order valence-corrected chi connectivity index (χ0v) is 14.9. The summed E-state index contributed by atoms with van der Waals surface area (Å²) in [4.78, 5) is 24.8. The minimum Gasteiger partial charge on any atom is -0.502 e. The normalized spacial score (nSPS) is 11.5. The molecule has 0 saturated heterocycles. The fraction of sp³-hybridized carbons (Fsp3) is 0.238. The Labute approximate surface area is 150 Å². The van der Waals surface area contributed by atoms with Crippen LogP contribution in [0.5, 0.6) is 11.5 Å². The molecule has 0 aliphatic heterocycles. The Morgan fingerprint density at radius 3 is 2.50 bits per heavy atom. The summed E-state index contributed by atoms with van der Waals surface area (Å²) < 4.78 is 11.1. The molecule has 5 heteroatoms. The predicted molar refractivity (Wildman–Crippen MR) is 99.3 cm³/mol. The zero-order valence-electron chi connectivity index (χ0n) is 14.9. The Balaban J connectivity index is 2.05. The molecule has 3 rings (SSSR count). The molecule has 1 aromatic heterocycles. The first-order valence-electron chi connectivity index (χ1n) is 8.41. The van der Waals surface area contributed by atoms with E-state index < -0.39 is 16.6 Å². The van der Waals surface area contributed by atoms with Crippen LogP contribution in [0.1, 0.15) is 27.2 Å². The van der Waals surface area contributed by atoms with E-state index in [0.717, 1.165) is 0 Å². The molecule has 0 unspecified atom stereocenters. The second-order valence-corrected chi connectivity index (χ2v) is 6.76. The maximum atomic E-state index is 12.6. The van der Waals surface area contributed by atoms with Crippen molar-refractivity contribution in [2.45, 2.75) is 27.2 Å². The standard InChI is InChI=1S/C21H20O5/c1-4-21(2,3)20(24)25-14-10-11-16-15(12-14)17(22)18(23)19(26-16)13-8-6-5-7-9-13/h5-12,23H,4H2,1-3H3. The van der Waals surface area contributed by atoms with Gasteiger partial charge in [0.1, 0.15) is 11.3 Å². The van der Waals surface area contributed by atoms with Gasteiger partial charge in [0.15, 0.2) is 5.76 Å². The average Bonchev–Trinajstić information content (AvgIpc) is 2.65. The van der Waals surface area contributed by atoms with Gasteiger partial charge >= 0.3 is 5.97 Å². The van der Waals surface area contributed by atoms with Gasteiger partial charge in [-0.2, -0.15) is 0 Å². The number of esters is 1. The lowest BCUT2D eigenvalue weighted by Crippen LogP contribution is -2.28. The van der Waals surface area contributed by atoms with Crippen LogP contribution in [0.3, 0.4) is 0 Å². The van der Waals surface area contributed by atoms with E-state index in [1.165, 1.54) is 6.07 Å². The van der Waals surface area contributed by atoms with Gasteiger partial charge in [0.25, 0.3) is 0 Å². The van der Waals surface area contributed by atoms with Crippen molar-refractivity contribution in [3.05, 3.63) is 58.8 Å². The molecule has 26 heavy (non-hydrogen) atoms. The molecule has 0 radical (unpaired) electrons. The number of carbonyl (C=O) groups is 1. The lowest BCUT2D eigenvalue weighted by molar-refractivity contribution is -0.144. The Bertz CT molecular complexity index is 1020. The van der Waals surface area contributed by atoms with Crippen molar-refractivity contribution < 1.29 is 19.1 Å². The number of carbonyl (C=O) groups excluding carboxylic acids is 1. The number of hydrogen-bond acceptors (Lipinski definition) is 5. The van der Waals surface area contributed by atoms with Crippen molar-refractivity contribution in [3.8, 4) is 22.8 Å². The highest BCUT2D eigenvalue weighted by Crippen LogP contribution is 2.31. The van der Waals surface area contributed by atoms with Gasteiger partial charge in [-0.25, -0.2) is 0 Å². The van der Waals surface area contributed by atoms with E-state index in [0.29, 0.717) is 17.6 Å². The Kier molecular flexibility index (Phi) is 4.55. The van der Waals surface area contributed by atoms with Crippen LogP contribution in [0.25, 0.3) is 22.3 Å². The summed E-state index contributed by atoms with van der Waals surface area (Å²) >= 11 is 0. The monoisotopic (exact) mass is 352 g/mol. The molecule has 0 aliphatic rings. The van der Waals surface area contributed by atoms with Crippen molar-refractivity contribution in [1.29, 1.82) is 0 Å². The predicted octanol–water partition coefficient (Wildman–Crippen LogP) is 4.51. The van der Waals surface area contributed by atoms with E-state index in [9.17, 15) is 14.7 Å². The molecule has 0 spiro atoms. The number of fused-ring (bicyclic) bond motifs is 1. The topological polar surface area (TPSA) is 76.7 Å². The van der Waals surface area contributed by atoms with Crippen LogP contribution in [0, 0.1) is 5.41 Å². The quantitative estimate of drug-likeness (QED) is 0.552. The number of benzene rings is 2. The van der Waals surface area contributed by atoms with E-state index >= 15 is 0 Å². The average molecular weight is 352 g/mol. The number of rotatable bonds is 4. The lowest BCUT2D eigenvalue weighted by atomic mass is 9.91. The minimum atomic E-state index is -0.626. The summed E-state index contributed by atoms with van der Waals surface area (Å²) in [5.74, 6) is -0.502. The summed E-state index contributed by atoms with van der Waals surface area (Å²) in [7, 11) is 0. The van der Waals surface area contributed by atoms with Gasteiger partial charge < -0.3 is 14.3 Å². The third kappa shape index (κ3) is 3.20. The molecular formula is C21H20O5. The summed E-state index contributed by atoms with van der Waals surface area (Å²) in [6, 6.07) is 13.4. The molecule has 3 aromatic rings. The Morgan fingerprint density at radius 2 is 1.85 bits per heavy atom. The van der Waals surface area contributed by atoms with Crippen LogP contribution in [0.4, 0.5) is 0 Å². The summed E-state index contributed by atoms with van der Waals surface area (Å²) in [6.07, 6.45) is 0.628. The highest BCUT2D eigenvalue weighted by molar-refractivity contribution is 5.84. The fourth-order valence-electron chi connectivity index (χ4n) is 2.40. The summed E-state index contributed by atoms with van der Waals surface area (Å²) in [5.41, 5.74) is -0.290. The first-order chi connectivity index (χ1) is 12.3. The van der Waals surface area contributed by atoms with E-state index in [4.69, 9.17) is 9.15 Å². The van der Waals surface area contributed by atoms with Crippen LogP contribution in [0.15, 0.2) is 57.7 Å². The van der Waals surface area contributed by atoms with E-state index in [-0.39, 0.29) is 22.9 Å². The maximum Gasteiger partial charge on any atom is 0.316 e. The van der Waals surface area contributed by atoms with Crippen molar-refractivity contribution in [2.75, 3.05) is 0 Å². The molecule has 0 aliphatic carbocycles. The van der Waals surface area contributed by atoms with Crippen molar-refractivity contribution >= 4 is 16.9 Å². The highest BCUT2D eigenvalue weighted by atomic mass is 16.5. The molecule has 0 bridgehead atoms. The Hall–Kier alpha value is -3.08. The van der Waals surface area contributed by atoms with E-state index in [2.05, 4.69) is 0 Å². The highest BCUT2D eigenvalue weighted by Gasteiger charge is 2.28. The minimum absolute atomic E-state index is 0.111. The summed E-state index contributed by atoms with van der Waals surface area (Å²) in [6.45, 7) is 5.49. The van der Waals surface area contributed by atoms with Crippen molar-refractivity contribution in [1.82, 2.24) is 0 Å². The van der Waals surface area contributed by atoms with Crippen LogP contribution in [-0.2, 0) is 4.79 Å². The van der Waals surface area contributed by atoms with Gasteiger partial charge in [-0.1, -0.05) is 37.3 Å². The molecule has 2 aromatic carbocycles. The van der Waals surface area contributed by atoms with Gasteiger partial charge in [0.2, 0.25) is 11.2 Å². The summed E-state index contributed by atoms with van der Waals surface area (Å²) in [5, 5.41) is 10.4. The van der Waals surface area contributed by atoms with Crippen LogP contribution in [0.2, 0.25) is 0 Å². The third-order valence-corrected chi connectivity index (χ3v) is 4.52. The molecule has 0 atom stereocenters. The fourth-order valence-corrected chi connectivity index (χ4v) is 2.40. The van der Waals surface area contributed by atoms with Gasteiger partial charge in [0.05, 0.1) is 10.8 Å². The van der Waals surface area contributed by atoms with Gasteiger partial charge in [-0.15, -0.1) is 0 Å². The Morgan fingerprint density at radius 1 is 1.15 bits per heavy atom. The molecule has 1 heterocycles. The molecule has 0 amide bonds. The molecule has 5 nitrogen and oxygen atoms in total. The van der Waals surface area contributed by atoms with Gasteiger partial charge in [-0.3, -0.25) is 9.59 Å². The number of ether oxygens (including phenoxy) is 1. The van der Waals surface area contributed by atoms with E-state index in [1.807, 2.05) is 13.0 Å². The van der Waals surface area contributed by atoms with Crippen LogP contribution < -0.4 is 10.2 Å². The number of aromatic hydroxyl groups is 1. The maximum absolute atomic E-state index is 12.6. The molecule has 1 N–H and O–H groups in total. The third-order valence-electron chi connectivity index (χ3n) is 4.52. The first-order valence-corrected chi connectivity index (χ1v) is 8.41. The zero-order chi connectivity index (χ0) is 18.9. The molecule has 134 valence electrons. The van der Waals surface area contributed by atoms with Crippen molar-refractivity contribution in [2.24, 2.45) is 5.41 Å². The van der Waals surface area contributed by atoms with Gasteiger partial charge in [0, 0.05) is 5.56 Å². The lowest BCUT2D eigenvalue weighted by Gasteiger charge is -2.20.